The maximum absolute atomic E-state index is 13.6. The number of anilines is 1. The van der Waals surface area contributed by atoms with E-state index in [0.717, 1.165) is 68.9 Å². The molecular formula is C26H21N5OS. The first-order valence-corrected chi connectivity index (χ1v) is 11.8. The first-order valence-electron chi connectivity index (χ1n) is 10.9. The molecule has 6 rings (SSSR count). The number of para-hydroxylation sites is 1. The average molecular weight is 452 g/mol. The Bertz CT molecular complexity index is 1500. The standard InChI is InChI=1S/C26H21N5OS/c1-31-15-14-27-24(31)23-22(16-8-3-2-4-9-16)29-26(33-23)30-25(32)21-17-10-5-6-12-19(17)28-20-13-7-11-18(20)21/h2-6,8-10,12,14-15H,7,11,13H2,1H3,(H,29,30,32). The number of hydrogen-bond donors (Lipinski definition) is 1. The molecule has 0 bridgehead atoms. The van der Waals surface area contributed by atoms with Crippen LogP contribution >= 0.6 is 11.3 Å². The molecule has 0 radical (unpaired) electrons. The van der Waals surface area contributed by atoms with Crippen LogP contribution in [0.1, 0.15) is 28.0 Å². The molecule has 7 heteroatoms. The first-order chi connectivity index (χ1) is 16.2. The predicted molar refractivity (Wildman–Crippen MR) is 131 cm³/mol. The third-order valence-electron chi connectivity index (χ3n) is 6.07. The first kappa shape index (κ1) is 19.8. The molecule has 33 heavy (non-hydrogen) atoms. The zero-order valence-electron chi connectivity index (χ0n) is 18.1. The average Bonchev–Trinajstić information content (AvgIpc) is 3.57. The minimum atomic E-state index is -0.133. The van der Waals surface area contributed by atoms with E-state index in [0.29, 0.717) is 5.13 Å². The highest BCUT2D eigenvalue weighted by atomic mass is 32.1. The Morgan fingerprint density at radius 1 is 1.03 bits per heavy atom. The number of amides is 1. The van der Waals surface area contributed by atoms with Crippen molar-refractivity contribution in [2.75, 3.05) is 5.32 Å². The van der Waals surface area contributed by atoms with E-state index in [1.165, 1.54) is 11.3 Å². The molecule has 5 aromatic rings. The van der Waals surface area contributed by atoms with Gasteiger partial charge in [0.15, 0.2) is 11.0 Å². The highest BCUT2D eigenvalue weighted by molar-refractivity contribution is 7.19. The molecule has 3 aromatic heterocycles. The summed E-state index contributed by atoms with van der Waals surface area (Å²) in [5.41, 5.74) is 5.49. The number of nitrogens with one attached hydrogen (secondary N) is 1. The molecule has 0 spiro atoms. The summed E-state index contributed by atoms with van der Waals surface area (Å²) >= 11 is 1.45. The van der Waals surface area contributed by atoms with Crippen molar-refractivity contribution in [2.24, 2.45) is 7.05 Å². The van der Waals surface area contributed by atoms with Gasteiger partial charge in [-0.05, 0) is 30.9 Å². The number of thiazole rings is 1. The Kier molecular flexibility index (Phi) is 4.77. The van der Waals surface area contributed by atoms with Crippen molar-refractivity contribution < 1.29 is 4.79 Å². The van der Waals surface area contributed by atoms with Crippen LogP contribution in [-0.2, 0) is 19.9 Å². The van der Waals surface area contributed by atoms with Gasteiger partial charge in [-0.2, -0.15) is 0 Å². The van der Waals surface area contributed by atoms with Crippen LogP contribution in [0.2, 0.25) is 0 Å². The minimum Gasteiger partial charge on any atom is -0.333 e. The number of aryl methyl sites for hydroxylation is 2. The third-order valence-corrected chi connectivity index (χ3v) is 7.03. The van der Waals surface area contributed by atoms with Gasteiger partial charge < -0.3 is 4.57 Å². The Labute approximate surface area is 195 Å². The summed E-state index contributed by atoms with van der Waals surface area (Å²) in [4.78, 5) is 28.7. The van der Waals surface area contributed by atoms with Gasteiger partial charge in [0, 0.05) is 36.1 Å². The summed E-state index contributed by atoms with van der Waals surface area (Å²) in [6.07, 6.45) is 6.50. The second kappa shape index (κ2) is 7.94. The third kappa shape index (κ3) is 3.41. The van der Waals surface area contributed by atoms with Gasteiger partial charge in [-0.1, -0.05) is 59.9 Å². The number of fused-ring (bicyclic) bond motifs is 2. The number of carbonyl (C=O) groups is 1. The summed E-state index contributed by atoms with van der Waals surface area (Å²) < 4.78 is 1.97. The minimum absolute atomic E-state index is 0.133. The second-order valence-corrected chi connectivity index (χ2v) is 9.16. The lowest BCUT2D eigenvalue weighted by molar-refractivity contribution is 0.102. The van der Waals surface area contributed by atoms with E-state index in [2.05, 4.69) is 10.3 Å². The van der Waals surface area contributed by atoms with Crippen molar-refractivity contribution >= 4 is 33.3 Å². The fraction of sp³-hybridized carbons (Fsp3) is 0.154. The SMILES string of the molecule is Cn1ccnc1-c1sc(NC(=O)c2c3c(nc4ccccc24)CCC3)nc1-c1ccccc1. The van der Waals surface area contributed by atoms with Crippen LogP contribution < -0.4 is 5.32 Å². The highest BCUT2D eigenvalue weighted by Gasteiger charge is 2.25. The van der Waals surface area contributed by atoms with E-state index in [-0.39, 0.29) is 5.91 Å². The molecule has 3 heterocycles. The zero-order chi connectivity index (χ0) is 22.4. The van der Waals surface area contributed by atoms with Gasteiger partial charge in [-0.3, -0.25) is 15.1 Å². The number of nitrogens with zero attached hydrogens (tertiary/aromatic N) is 4. The van der Waals surface area contributed by atoms with Crippen molar-refractivity contribution in [3.63, 3.8) is 0 Å². The summed E-state index contributed by atoms with van der Waals surface area (Å²) in [6, 6.07) is 17.9. The van der Waals surface area contributed by atoms with Crippen LogP contribution in [0, 0.1) is 0 Å². The van der Waals surface area contributed by atoms with Crippen molar-refractivity contribution in [2.45, 2.75) is 19.3 Å². The molecule has 6 nitrogen and oxygen atoms in total. The Balaban J connectivity index is 1.45. The molecule has 0 atom stereocenters. The number of carbonyl (C=O) groups excluding carboxylic acids is 1. The summed E-state index contributed by atoms with van der Waals surface area (Å²) in [5.74, 6) is 0.689. The molecular weight excluding hydrogens is 430 g/mol. The lowest BCUT2D eigenvalue weighted by Gasteiger charge is -2.11. The number of aromatic nitrogens is 4. The quantitative estimate of drug-likeness (QED) is 0.392. The second-order valence-electron chi connectivity index (χ2n) is 8.16. The van der Waals surface area contributed by atoms with Crippen LogP contribution in [0.5, 0.6) is 0 Å². The van der Waals surface area contributed by atoms with Gasteiger partial charge in [0.1, 0.15) is 0 Å². The molecule has 0 fully saturated rings. The molecule has 0 saturated heterocycles. The van der Waals surface area contributed by atoms with Gasteiger partial charge in [-0.25, -0.2) is 9.97 Å². The Morgan fingerprint density at radius 2 is 1.85 bits per heavy atom. The molecule has 0 unspecified atom stereocenters. The molecule has 0 aliphatic heterocycles. The van der Waals surface area contributed by atoms with E-state index >= 15 is 0 Å². The number of rotatable bonds is 4. The van der Waals surface area contributed by atoms with Gasteiger partial charge in [0.05, 0.1) is 21.7 Å². The summed E-state index contributed by atoms with van der Waals surface area (Å²) in [5, 5.41) is 4.54. The lowest BCUT2D eigenvalue weighted by atomic mass is 10.0. The van der Waals surface area contributed by atoms with Crippen LogP contribution in [-0.4, -0.2) is 25.4 Å². The molecule has 1 aliphatic rings. The van der Waals surface area contributed by atoms with E-state index in [4.69, 9.17) is 9.97 Å². The van der Waals surface area contributed by atoms with Crippen molar-refractivity contribution in [3.05, 3.63) is 83.8 Å². The van der Waals surface area contributed by atoms with Gasteiger partial charge in [0.2, 0.25) is 0 Å². The van der Waals surface area contributed by atoms with Crippen molar-refractivity contribution in [1.82, 2.24) is 19.5 Å². The number of hydrogen-bond acceptors (Lipinski definition) is 5. The molecule has 2 aromatic carbocycles. The van der Waals surface area contributed by atoms with E-state index in [1.807, 2.05) is 72.4 Å². The molecule has 1 amide bonds. The zero-order valence-corrected chi connectivity index (χ0v) is 18.9. The van der Waals surface area contributed by atoms with Gasteiger partial charge in [-0.15, -0.1) is 0 Å². The summed E-state index contributed by atoms with van der Waals surface area (Å²) in [6.45, 7) is 0. The number of pyridine rings is 1. The molecule has 0 saturated carbocycles. The lowest BCUT2D eigenvalue weighted by Crippen LogP contribution is -2.15. The van der Waals surface area contributed by atoms with E-state index in [1.54, 1.807) is 6.20 Å². The summed E-state index contributed by atoms with van der Waals surface area (Å²) in [7, 11) is 1.96. The molecule has 1 aliphatic carbocycles. The normalized spacial score (nSPS) is 12.8. The van der Waals surface area contributed by atoms with Crippen LogP contribution in [0.25, 0.3) is 32.9 Å². The fourth-order valence-corrected chi connectivity index (χ4v) is 5.55. The van der Waals surface area contributed by atoms with Crippen molar-refractivity contribution in [3.8, 4) is 22.0 Å². The predicted octanol–water partition coefficient (Wildman–Crippen LogP) is 5.50. The van der Waals surface area contributed by atoms with Gasteiger partial charge >= 0.3 is 0 Å². The van der Waals surface area contributed by atoms with Crippen LogP contribution in [0.3, 0.4) is 0 Å². The molecule has 1 N–H and O–H groups in total. The Morgan fingerprint density at radius 3 is 2.67 bits per heavy atom. The maximum atomic E-state index is 13.6. The largest absolute Gasteiger partial charge is 0.333 e. The van der Waals surface area contributed by atoms with Gasteiger partial charge in [0.25, 0.3) is 5.91 Å². The highest BCUT2D eigenvalue weighted by Crippen LogP contribution is 2.39. The van der Waals surface area contributed by atoms with E-state index in [9.17, 15) is 4.79 Å². The van der Waals surface area contributed by atoms with Crippen molar-refractivity contribution in [1.29, 1.82) is 0 Å². The van der Waals surface area contributed by atoms with Crippen LogP contribution in [0.15, 0.2) is 67.0 Å². The topological polar surface area (TPSA) is 72.7 Å². The maximum Gasteiger partial charge on any atom is 0.258 e. The smallest absolute Gasteiger partial charge is 0.258 e. The Hall–Kier alpha value is -3.84. The van der Waals surface area contributed by atoms with E-state index < -0.39 is 0 Å². The number of benzene rings is 2. The van der Waals surface area contributed by atoms with Crippen LogP contribution in [0.4, 0.5) is 5.13 Å². The number of imidazole rings is 1. The molecule has 162 valence electrons. The monoisotopic (exact) mass is 451 g/mol. The fourth-order valence-electron chi connectivity index (χ4n) is 4.53.